The SMILES string of the molecule is N#[N+]c1ccc2c(CCC3CCN(Cc4ccccc4)CC3)noc2c1.[Cl-]. The lowest BCUT2D eigenvalue weighted by Gasteiger charge is -2.31. The molecule has 0 unspecified atom stereocenters. The highest BCUT2D eigenvalue weighted by Gasteiger charge is 2.20. The van der Waals surface area contributed by atoms with E-state index in [1.807, 2.05) is 6.07 Å². The van der Waals surface area contributed by atoms with E-state index in [4.69, 9.17) is 9.92 Å². The molecular weight excluding hydrogens is 360 g/mol. The first kappa shape index (κ1) is 19.3. The number of benzene rings is 2. The summed E-state index contributed by atoms with van der Waals surface area (Å²) in [6.07, 6.45) is 4.57. The zero-order valence-electron chi connectivity index (χ0n) is 15.2. The predicted molar refractivity (Wildman–Crippen MR) is 102 cm³/mol. The van der Waals surface area contributed by atoms with E-state index in [0.29, 0.717) is 11.3 Å². The minimum atomic E-state index is 0. The molecule has 3 aromatic rings. The molecule has 5 nitrogen and oxygen atoms in total. The Hall–Kier alpha value is -2.42. The van der Waals surface area contributed by atoms with Crippen LogP contribution < -0.4 is 12.4 Å². The maximum atomic E-state index is 8.85. The Kier molecular flexibility index (Phi) is 6.44. The molecule has 1 aliphatic heterocycles. The molecule has 2 aromatic carbocycles. The molecule has 0 N–H and O–H groups in total. The van der Waals surface area contributed by atoms with Gasteiger partial charge < -0.3 is 16.9 Å². The van der Waals surface area contributed by atoms with Gasteiger partial charge in [0.15, 0.2) is 10.6 Å². The summed E-state index contributed by atoms with van der Waals surface area (Å²) in [5.74, 6) is 0.750. The van der Waals surface area contributed by atoms with Crippen molar-refractivity contribution in [3.63, 3.8) is 0 Å². The van der Waals surface area contributed by atoms with E-state index < -0.39 is 0 Å². The largest absolute Gasteiger partial charge is 1.00 e. The summed E-state index contributed by atoms with van der Waals surface area (Å²) in [4.78, 5) is 5.75. The second-order valence-corrected chi connectivity index (χ2v) is 7.15. The number of fused-ring (bicyclic) bond motifs is 1. The minimum Gasteiger partial charge on any atom is -1.00 e. The molecular formula is C21H23ClN4O. The van der Waals surface area contributed by atoms with Crippen LogP contribution in [0.4, 0.5) is 5.69 Å². The Morgan fingerprint density at radius 2 is 1.89 bits per heavy atom. The van der Waals surface area contributed by atoms with Gasteiger partial charge in [0.05, 0.1) is 11.8 Å². The monoisotopic (exact) mass is 382 g/mol. The molecule has 0 aliphatic carbocycles. The zero-order chi connectivity index (χ0) is 17.8. The maximum absolute atomic E-state index is 8.85. The van der Waals surface area contributed by atoms with E-state index in [9.17, 15) is 0 Å². The molecule has 1 saturated heterocycles. The van der Waals surface area contributed by atoms with E-state index in [-0.39, 0.29) is 12.4 Å². The van der Waals surface area contributed by atoms with Crippen LogP contribution in [-0.2, 0) is 13.0 Å². The second kappa shape index (κ2) is 8.98. The molecule has 6 heteroatoms. The van der Waals surface area contributed by atoms with Gasteiger partial charge in [-0.1, -0.05) is 35.5 Å². The summed E-state index contributed by atoms with van der Waals surface area (Å²) >= 11 is 0. The molecule has 0 bridgehead atoms. The number of hydrogen-bond donors (Lipinski definition) is 0. The highest BCUT2D eigenvalue weighted by molar-refractivity contribution is 5.82. The molecule has 0 atom stereocenters. The van der Waals surface area contributed by atoms with Crippen LogP contribution in [0.3, 0.4) is 0 Å². The molecule has 0 amide bonds. The molecule has 140 valence electrons. The van der Waals surface area contributed by atoms with Crippen molar-refractivity contribution in [3.05, 3.63) is 64.8 Å². The number of aryl methyl sites for hydroxylation is 1. The van der Waals surface area contributed by atoms with Crippen molar-refractivity contribution >= 4 is 16.7 Å². The molecule has 4 rings (SSSR count). The van der Waals surface area contributed by atoms with Crippen molar-refractivity contribution < 1.29 is 16.9 Å². The lowest BCUT2D eigenvalue weighted by atomic mass is 9.91. The fourth-order valence-corrected chi connectivity index (χ4v) is 3.84. The third-order valence-corrected chi connectivity index (χ3v) is 5.39. The molecule has 1 aliphatic rings. The number of likely N-dealkylation sites (tertiary alicyclic amines) is 1. The average Bonchev–Trinajstić information content (AvgIpc) is 3.10. The number of aromatic nitrogens is 1. The first-order chi connectivity index (χ1) is 12.8. The van der Waals surface area contributed by atoms with Crippen LogP contribution in [0.2, 0.25) is 0 Å². The molecule has 2 heterocycles. The van der Waals surface area contributed by atoms with Crippen LogP contribution in [0, 0.1) is 11.3 Å². The summed E-state index contributed by atoms with van der Waals surface area (Å²) in [7, 11) is 0. The van der Waals surface area contributed by atoms with Crippen molar-refractivity contribution in [2.24, 2.45) is 5.92 Å². The lowest BCUT2D eigenvalue weighted by molar-refractivity contribution is -0.00000590. The number of piperidine rings is 1. The molecule has 27 heavy (non-hydrogen) atoms. The van der Waals surface area contributed by atoms with Crippen molar-refractivity contribution in [2.75, 3.05) is 13.1 Å². The Bertz CT molecular complexity index is 911. The molecule has 0 radical (unpaired) electrons. The highest BCUT2D eigenvalue weighted by Crippen LogP contribution is 2.28. The molecule has 0 spiro atoms. The Labute approximate surface area is 165 Å². The smallest absolute Gasteiger partial charge is 0.388 e. The van der Waals surface area contributed by atoms with Gasteiger partial charge in [-0.2, -0.15) is 0 Å². The standard InChI is InChI=1S/C21H23N4O.ClH/c22-23-18-7-8-19-20(24-26-21(19)14-18)9-6-16-10-12-25(13-11-16)15-17-4-2-1-3-5-17;/h1-5,7-8,14,16H,6,9-13,15H2;1H/q+1;/p-1. The summed E-state index contributed by atoms with van der Waals surface area (Å²) in [5, 5.41) is 14.1. The van der Waals surface area contributed by atoms with Crippen LogP contribution >= 0.6 is 0 Å². The number of halogens is 1. The first-order valence-corrected chi connectivity index (χ1v) is 9.31. The van der Waals surface area contributed by atoms with Crippen molar-refractivity contribution in [3.8, 4) is 0 Å². The Morgan fingerprint density at radius 1 is 1.11 bits per heavy atom. The topological polar surface area (TPSA) is 57.4 Å². The number of rotatable bonds is 5. The van der Waals surface area contributed by atoms with E-state index in [2.05, 4.69) is 45.4 Å². The number of nitrogens with zero attached hydrogens (tertiary/aromatic N) is 4. The fraction of sp³-hybridized carbons (Fsp3) is 0.381. The first-order valence-electron chi connectivity index (χ1n) is 9.31. The maximum Gasteiger partial charge on any atom is 0.388 e. The van der Waals surface area contributed by atoms with Crippen LogP contribution in [-0.4, -0.2) is 23.1 Å². The quantitative estimate of drug-likeness (QED) is 0.634. The van der Waals surface area contributed by atoms with Crippen LogP contribution in [0.25, 0.3) is 15.9 Å². The van der Waals surface area contributed by atoms with Gasteiger partial charge in [-0.3, -0.25) is 4.90 Å². The number of hydrogen-bond acceptors (Lipinski definition) is 4. The van der Waals surface area contributed by atoms with Gasteiger partial charge in [-0.05, 0) is 56.3 Å². The number of diazo groups is 1. The Balaban J connectivity index is 0.00000210. The predicted octanol–water partition coefficient (Wildman–Crippen LogP) is 2.16. The summed E-state index contributed by atoms with van der Waals surface area (Å²) in [5.41, 5.74) is 3.59. The van der Waals surface area contributed by atoms with Crippen molar-refractivity contribution in [1.29, 1.82) is 5.39 Å². The average molecular weight is 383 g/mol. The van der Waals surface area contributed by atoms with Gasteiger partial charge in [0.25, 0.3) is 0 Å². The van der Waals surface area contributed by atoms with E-state index in [1.54, 1.807) is 12.1 Å². The van der Waals surface area contributed by atoms with Crippen LogP contribution in [0.15, 0.2) is 53.1 Å². The van der Waals surface area contributed by atoms with Gasteiger partial charge >= 0.3 is 5.69 Å². The van der Waals surface area contributed by atoms with Gasteiger partial charge in [0.2, 0.25) is 5.39 Å². The third kappa shape index (κ3) is 4.65. The normalized spacial score (nSPS) is 15.4. The highest BCUT2D eigenvalue weighted by atomic mass is 35.5. The van der Waals surface area contributed by atoms with Gasteiger partial charge in [-0.15, -0.1) is 0 Å². The Morgan fingerprint density at radius 3 is 2.63 bits per heavy atom. The van der Waals surface area contributed by atoms with Gasteiger partial charge in [-0.25, -0.2) is 0 Å². The van der Waals surface area contributed by atoms with Crippen LogP contribution in [0.5, 0.6) is 0 Å². The van der Waals surface area contributed by atoms with Crippen LogP contribution in [0.1, 0.15) is 30.5 Å². The lowest BCUT2D eigenvalue weighted by Crippen LogP contribution is -3.00. The summed E-state index contributed by atoms with van der Waals surface area (Å²) < 4.78 is 5.39. The third-order valence-electron chi connectivity index (χ3n) is 5.39. The molecule has 1 aromatic heterocycles. The fourth-order valence-electron chi connectivity index (χ4n) is 3.84. The van der Waals surface area contributed by atoms with Gasteiger partial charge in [0, 0.05) is 18.0 Å². The molecule has 0 saturated carbocycles. The van der Waals surface area contributed by atoms with Crippen molar-refractivity contribution in [2.45, 2.75) is 32.2 Å². The zero-order valence-corrected chi connectivity index (χ0v) is 16.0. The minimum absolute atomic E-state index is 0. The summed E-state index contributed by atoms with van der Waals surface area (Å²) in [6.45, 7) is 3.39. The van der Waals surface area contributed by atoms with E-state index in [1.165, 1.54) is 31.5 Å². The van der Waals surface area contributed by atoms with Gasteiger partial charge in [0.1, 0.15) is 0 Å². The molecule has 1 fully saturated rings. The second-order valence-electron chi connectivity index (χ2n) is 7.15. The van der Waals surface area contributed by atoms with E-state index >= 15 is 0 Å². The summed E-state index contributed by atoms with van der Waals surface area (Å²) in [6, 6.07) is 16.1. The van der Waals surface area contributed by atoms with E-state index in [0.717, 1.165) is 36.4 Å². The van der Waals surface area contributed by atoms with Crippen molar-refractivity contribution in [1.82, 2.24) is 10.1 Å².